The zero-order valence-electron chi connectivity index (χ0n) is 16.4. The maximum absolute atomic E-state index is 10.5. The smallest absolute Gasteiger partial charge is 0.303 e. The van der Waals surface area contributed by atoms with E-state index in [2.05, 4.69) is 19.9 Å². The molecule has 152 valence electrons. The lowest BCUT2D eigenvalue weighted by Gasteiger charge is -2.24. The van der Waals surface area contributed by atoms with E-state index in [1.807, 2.05) is 0 Å². The van der Waals surface area contributed by atoms with Crippen LogP contribution < -0.4 is 0 Å². The average molecular weight is 371 g/mol. The zero-order valence-corrected chi connectivity index (χ0v) is 16.4. The molecule has 0 aliphatic heterocycles. The second kappa shape index (κ2) is 12.5. The Morgan fingerprint density at radius 1 is 1.00 bits per heavy atom. The van der Waals surface area contributed by atoms with Crippen LogP contribution in [-0.2, 0) is 4.79 Å². The summed E-state index contributed by atoms with van der Waals surface area (Å²) in [6, 6.07) is 0. The molecule has 0 spiro atoms. The first-order valence-electron chi connectivity index (χ1n) is 10.2. The third-order valence-corrected chi connectivity index (χ3v) is 5.59. The molecule has 0 aromatic rings. The normalized spacial score (nSPS) is 26.7. The molecular formula is C21H38O5. The van der Waals surface area contributed by atoms with Gasteiger partial charge in [-0.15, -0.1) is 0 Å². The number of hydrogen-bond donors (Lipinski definition) is 4. The lowest BCUT2D eigenvalue weighted by Crippen LogP contribution is -2.24. The van der Waals surface area contributed by atoms with E-state index < -0.39 is 18.2 Å². The largest absolute Gasteiger partial charge is 0.481 e. The van der Waals surface area contributed by atoms with Crippen molar-refractivity contribution in [1.82, 2.24) is 0 Å². The summed E-state index contributed by atoms with van der Waals surface area (Å²) < 4.78 is 0. The van der Waals surface area contributed by atoms with Crippen molar-refractivity contribution >= 4 is 5.97 Å². The Balaban J connectivity index is 2.32. The Hall–Kier alpha value is -0.910. The Morgan fingerprint density at radius 2 is 1.62 bits per heavy atom. The maximum Gasteiger partial charge on any atom is 0.303 e. The highest BCUT2D eigenvalue weighted by Gasteiger charge is 2.40. The van der Waals surface area contributed by atoms with Crippen molar-refractivity contribution < 1.29 is 25.2 Å². The minimum absolute atomic E-state index is 0.0575. The topological polar surface area (TPSA) is 98.0 Å². The number of carboxylic acid groups (broad SMARTS) is 1. The van der Waals surface area contributed by atoms with Gasteiger partial charge in [0.1, 0.15) is 0 Å². The first kappa shape index (κ1) is 23.1. The Morgan fingerprint density at radius 3 is 2.23 bits per heavy atom. The number of aliphatic hydroxyl groups is 3. The molecule has 0 saturated heterocycles. The lowest BCUT2D eigenvalue weighted by molar-refractivity contribution is -0.137. The van der Waals surface area contributed by atoms with Crippen LogP contribution in [0.25, 0.3) is 0 Å². The van der Waals surface area contributed by atoms with Crippen LogP contribution >= 0.6 is 0 Å². The van der Waals surface area contributed by atoms with Gasteiger partial charge in [0.05, 0.1) is 18.3 Å². The standard InChI is InChI=1S/C21H38O5/c1-15(2)8-7-9-16(22)12-13-18-17(19(23)14-20(18)24)10-5-3-4-6-11-21(25)26/h8,16-20,22-24H,3-7,9-14H2,1-2H3,(H,25,26)/t16-,17+,18+,19-,20+/m0/s1. The van der Waals surface area contributed by atoms with Crippen molar-refractivity contribution in [3.63, 3.8) is 0 Å². The number of hydrogen-bond acceptors (Lipinski definition) is 4. The molecule has 1 rings (SSSR count). The van der Waals surface area contributed by atoms with Gasteiger partial charge in [-0.1, -0.05) is 30.9 Å². The van der Waals surface area contributed by atoms with Gasteiger partial charge in [-0.25, -0.2) is 0 Å². The van der Waals surface area contributed by atoms with Crippen molar-refractivity contribution in [2.75, 3.05) is 0 Å². The maximum atomic E-state index is 10.5. The molecule has 0 unspecified atom stereocenters. The molecule has 5 atom stereocenters. The van der Waals surface area contributed by atoms with Crippen molar-refractivity contribution in [2.45, 2.75) is 103 Å². The van der Waals surface area contributed by atoms with E-state index in [4.69, 9.17) is 5.11 Å². The average Bonchev–Trinajstić information content (AvgIpc) is 2.81. The van der Waals surface area contributed by atoms with Gasteiger partial charge in [-0.2, -0.15) is 0 Å². The van der Waals surface area contributed by atoms with Crippen LogP contribution in [0.4, 0.5) is 0 Å². The molecule has 1 aliphatic carbocycles. The Kier molecular flexibility index (Phi) is 11.1. The van der Waals surface area contributed by atoms with Gasteiger partial charge < -0.3 is 20.4 Å². The minimum Gasteiger partial charge on any atom is -0.481 e. The monoisotopic (exact) mass is 370 g/mol. The summed E-state index contributed by atoms with van der Waals surface area (Å²) in [6.07, 6.45) is 8.89. The van der Waals surface area contributed by atoms with E-state index in [0.717, 1.165) is 44.9 Å². The highest BCUT2D eigenvalue weighted by atomic mass is 16.4. The van der Waals surface area contributed by atoms with Gasteiger partial charge in [-0.3, -0.25) is 4.79 Å². The van der Waals surface area contributed by atoms with Crippen LogP contribution in [0.1, 0.15) is 84.5 Å². The second-order valence-corrected chi connectivity index (χ2v) is 8.13. The predicted octanol–water partition coefficient (Wildman–Crippen LogP) is 3.66. The first-order valence-corrected chi connectivity index (χ1v) is 10.2. The van der Waals surface area contributed by atoms with Crippen LogP contribution in [0.5, 0.6) is 0 Å². The molecule has 1 fully saturated rings. The number of rotatable bonds is 13. The molecule has 0 radical (unpaired) electrons. The first-order chi connectivity index (χ1) is 12.3. The van der Waals surface area contributed by atoms with E-state index in [-0.39, 0.29) is 24.4 Å². The minimum atomic E-state index is -0.748. The van der Waals surface area contributed by atoms with Gasteiger partial charge in [0.2, 0.25) is 0 Å². The van der Waals surface area contributed by atoms with Crippen molar-refractivity contribution in [1.29, 1.82) is 0 Å². The van der Waals surface area contributed by atoms with Crippen LogP contribution in [-0.4, -0.2) is 44.7 Å². The van der Waals surface area contributed by atoms with E-state index in [1.165, 1.54) is 5.57 Å². The summed E-state index contributed by atoms with van der Waals surface area (Å²) in [5.74, 6) is -0.598. The van der Waals surface area contributed by atoms with Crippen LogP contribution in [0, 0.1) is 11.8 Å². The van der Waals surface area contributed by atoms with Gasteiger partial charge in [0.15, 0.2) is 0 Å². The van der Waals surface area contributed by atoms with Crippen molar-refractivity contribution in [3.05, 3.63) is 11.6 Å². The highest BCUT2D eigenvalue weighted by Crippen LogP contribution is 2.39. The molecular weight excluding hydrogens is 332 g/mol. The van der Waals surface area contributed by atoms with Crippen LogP contribution in [0.2, 0.25) is 0 Å². The van der Waals surface area contributed by atoms with E-state index in [1.54, 1.807) is 0 Å². The Labute approximate surface area is 158 Å². The second-order valence-electron chi connectivity index (χ2n) is 8.13. The lowest BCUT2D eigenvalue weighted by atomic mass is 9.84. The van der Waals surface area contributed by atoms with E-state index >= 15 is 0 Å². The van der Waals surface area contributed by atoms with Gasteiger partial charge in [0.25, 0.3) is 0 Å². The third-order valence-electron chi connectivity index (χ3n) is 5.59. The quantitative estimate of drug-likeness (QED) is 0.293. The summed E-state index contributed by atoms with van der Waals surface area (Å²) in [6.45, 7) is 4.10. The molecule has 1 aliphatic rings. The molecule has 5 nitrogen and oxygen atoms in total. The summed E-state index contributed by atoms with van der Waals surface area (Å²) in [7, 11) is 0. The summed E-state index contributed by atoms with van der Waals surface area (Å²) in [5.41, 5.74) is 1.26. The predicted molar refractivity (Wildman–Crippen MR) is 103 cm³/mol. The van der Waals surface area contributed by atoms with E-state index in [9.17, 15) is 20.1 Å². The van der Waals surface area contributed by atoms with Gasteiger partial charge in [-0.05, 0) is 70.6 Å². The molecule has 0 bridgehead atoms. The van der Waals surface area contributed by atoms with Gasteiger partial charge >= 0.3 is 5.97 Å². The fourth-order valence-electron chi connectivity index (χ4n) is 4.08. The molecule has 4 N–H and O–H groups in total. The number of allylic oxidation sites excluding steroid dienone is 2. The fourth-order valence-corrected chi connectivity index (χ4v) is 4.08. The molecule has 0 aromatic carbocycles. The molecule has 5 heteroatoms. The zero-order chi connectivity index (χ0) is 19.5. The summed E-state index contributed by atoms with van der Waals surface area (Å²) in [4.78, 5) is 10.5. The molecule has 1 saturated carbocycles. The number of unbranched alkanes of at least 4 members (excludes halogenated alkanes) is 3. The van der Waals surface area contributed by atoms with Crippen LogP contribution in [0.3, 0.4) is 0 Å². The summed E-state index contributed by atoms with van der Waals surface area (Å²) >= 11 is 0. The molecule has 0 amide bonds. The highest BCUT2D eigenvalue weighted by molar-refractivity contribution is 5.66. The molecule has 0 aromatic heterocycles. The van der Waals surface area contributed by atoms with Crippen molar-refractivity contribution in [2.24, 2.45) is 11.8 Å². The van der Waals surface area contributed by atoms with Crippen molar-refractivity contribution in [3.8, 4) is 0 Å². The number of aliphatic carboxylic acids is 1. The molecule has 0 heterocycles. The fraction of sp³-hybridized carbons (Fsp3) is 0.857. The Bertz CT molecular complexity index is 430. The SMILES string of the molecule is CC(C)=CCC[C@H](O)CC[C@@H]1[C@@H](CCCCCCC(=O)O)[C@@H](O)C[C@H]1O. The third kappa shape index (κ3) is 9.15. The number of aliphatic hydroxyl groups excluding tert-OH is 3. The van der Waals surface area contributed by atoms with E-state index in [0.29, 0.717) is 19.3 Å². The van der Waals surface area contributed by atoms with Crippen LogP contribution in [0.15, 0.2) is 11.6 Å². The van der Waals surface area contributed by atoms with Gasteiger partial charge in [0, 0.05) is 6.42 Å². The number of carboxylic acids is 1. The summed E-state index contributed by atoms with van der Waals surface area (Å²) in [5, 5.41) is 39.3. The number of carbonyl (C=O) groups is 1. The molecule has 26 heavy (non-hydrogen) atoms.